The highest BCUT2D eigenvalue weighted by molar-refractivity contribution is 7.90. The molecule has 9 heteroatoms. The maximum absolute atomic E-state index is 11.5. The van der Waals surface area contributed by atoms with Gasteiger partial charge in [0.2, 0.25) is 10.0 Å². The maximum Gasteiger partial charge on any atom is 0.360 e. The van der Waals surface area contributed by atoms with Gasteiger partial charge in [0, 0.05) is 6.54 Å². The number of nitrogens with one attached hydrogen (secondary N) is 1. The highest BCUT2D eigenvalue weighted by Gasteiger charge is 2.35. The minimum absolute atomic E-state index is 0.0996. The van der Waals surface area contributed by atoms with Crippen LogP contribution in [0.5, 0.6) is 0 Å². The number of sulfonamides is 1. The Morgan fingerprint density at radius 3 is 2.94 bits per heavy atom. The third kappa shape index (κ3) is 3.05. The van der Waals surface area contributed by atoms with Crippen LogP contribution in [0.25, 0.3) is 0 Å². The minimum atomic E-state index is -3.17. The van der Waals surface area contributed by atoms with Crippen molar-refractivity contribution < 1.29 is 17.9 Å². The largest absolute Gasteiger partial charge is 0.464 e. The number of esters is 1. The van der Waals surface area contributed by atoms with Gasteiger partial charge in [-0.2, -0.15) is 0 Å². The van der Waals surface area contributed by atoms with Crippen molar-refractivity contribution in [2.45, 2.75) is 24.6 Å². The zero-order valence-corrected chi connectivity index (χ0v) is 10.7. The zero-order valence-electron chi connectivity index (χ0n) is 9.87. The number of ether oxygens (including phenoxy) is 1. The van der Waals surface area contributed by atoms with Gasteiger partial charge in [0.1, 0.15) is 0 Å². The molecule has 2 rings (SSSR count). The Morgan fingerprint density at radius 1 is 1.61 bits per heavy atom. The average Bonchev–Trinajstić information content (AvgIpc) is 3.10. The second kappa shape index (κ2) is 5.02. The summed E-state index contributed by atoms with van der Waals surface area (Å²) < 4.78 is 31.4. The van der Waals surface area contributed by atoms with Crippen LogP contribution in [0.4, 0.5) is 0 Å². The summed E-state index contributed by atoms with van der Waals surface area (Å²) >= 11 is 0. The molecular weight excluding hydrogens is 260 g/mol. The molecule has 1 N–H and O–H groups in total. The normalized spacial score (nSPS) is 15.6. The summed E-state index contributed by atoms with van der Waals surface area (Å²) in [6.45, 7) is 0.540. The number of hydrogen-bond donors (Lipinski definition) is 1. The van der Waals surface area contributed by atoms with Gasteiger partial charge in [0.25, 0.3) is 0 Å². The molecule has 1 aromatic rings. The Hall–Kier alpha value is -1.48. The fraction of sp³-hybridized carbons (Fsp3) is 0.667. The van der Waals surface area contributed by atoms with E-state index in [-0.39, 0.29) is 17.5 Å². The van der Waals surface area contributed by atoms with Gasteiger partial charge in [-0.25, -0.2) is 17.9 Å². The second-order valence-electron chi connectivity index (χ2n) is 4.00. The highest BCUT2D eigenvalue weighted by Crippen LogP contribution is 2.27. The first kappa shape index (κ1) is 13.0. The predicted molar refractivity (Wildman–Crippen MR) is 61.3 cm³/mol. The van der Waals surface area contributed by atoms with E-state index in [1.165, 1.54) is 18.0 Å². The maximum atomic E-state index is 11.5. The Bertz CT molecular complexity index is 535. The molecule has 0 atom stereocenters. The lowest BCUT2D eigenvalue weighted by Gasteiger charge is -2.04. The third-order valence-electron chi connectivity index (χ3n) is 2.54. The molecule has 1 aromatic heterocycles. The van der Waals surface area contributed by atoms with Gasteiger partial charge < -0.3 is 4.74 Å². The zero-order chi connectivity index (χ0) is 13.2. The molecule has 1 saturated carbocycles. The van der Waals surface area contributed by atoms with Crippen LogP contribution in [0.2, 0.25) is 0 Å². The van der Waals surface area contributed by atoms with Crippen LogP contribution in [-0.2, 0) is 21.3 Å². The van der Waals surface area contributed by atoms with Crippen molar-refractivity contribution in [1.29, 1.82) is 0 Å². The number of hydrogen-bond acceptors (Lipinski definition) is 6. The number of aromatic nitrogens is 3. The summed E-state index contributed by atoms with van der Waals surface area (Å²) in [6.07, 6.45) is 2.87. The SMILES string of the molecule is COC(=O)c1cn(CCNS(=O)(=O)C2CC2)nn1. The molecule has 1 aliphatic carbocycles. The average molecular weight is 274 g/mol. The van der Waals surface area contributed by atoms with Crippen molar-refractivity contribution in [1.82, 2.24) is 19.7 Å². The molecule has 0 unspecified atom stereocenters. The predicted octanol–water partition coefficient (Wildman–Crippen LogP) is -0.853. The summed E-state index contributed by atoms with van der Waals surface area (Å²) in [5.74, 6) is -0.570. The quantitative estimate of drug-likeness (QED) is 0.677. The van der Waals surface area contributed by atoms with Crippen molar-refractivity contribution in [2.24, 2.45) is 0 Å². The summed E-state index contributed by atoms with van der Waals surface area (Å²) in [5, 5.41) is 7.07. The summed E-state index contributed by atoms with van der Waals surface area (Å²) in [6, 6.07) is 0. The van der Waals surface area contributed by atoms with Crippen LogP contribution < -0.4 is 4.72 Å². The lowest BCUT2D eigenvalue weighted by Crippen LogP contribution is -2.30. The van der Waals surface area contributed by atoms with Gasteiger partial charge in [0.15, 0.2) is 5.69 Å². The molecule has 0 aliphatic heterocycles. The van der Waals surface area contributed by atoms with Crippen LogP contribution >= 0.6 is 0 Å². The van der Waals surface area contributed by atoms with Crippen molar-refractivity contribution in [3.63, 3.8) is 0 Å². The lowest BCUT2D eigenvalue weighted by atomic mass is 10.5. The Labute approximate surface area is 104 Å². The molecule has 0 spiro atoms. The molecule has 18 heavy (non-hydrogen) atoms. The van der Waals surface area contributed by atoms with Gasteiger partial charge in [-0.1, -0.05) is 5.21 Å². The van der Waals surface area contributed by atoms with Gasteiger partial charge in [-0.05, 0) is 12.8 Å². The number of carbonyl (C=O) groups excluding carboxylic acids is 1. The van der Waals surface area contributed by atoms with E-state index < -0.39 is 16.0 Å². The van der Waals surface area contributed by atoms with Crippen molar-refractivity contribution in [3.05, 3.63) is 11.9 Å². The van der Waals surface area contributed by atoms with Crippen LogP contribution in [0, 0.1) is 0 Å². The fourth-order valence-electron chi connectivity index (χ4n) is 1.40. The first-order chi connectivity index (χ1) is 8.53. The third-order valence-corrected chi connectivity index (χ3v) is 4.50. The van der Waals surface area contributed by atoms with Crippen LogP contribution in [0.3, 0.4) is 0 Å². The van der Waals surface area contributed by atoms with Gasteiger partial charge in [0.05, 0.1) is 25.1 Å². The highest BCUT2D eigenvalue weighted by atomic mass is 32.2. The molecular formula is C9H14N4O4S. The Kier molecular flexibility index (Phi) is 3.62. The lowest BCUT2D eigenvalue weighted by molar-refractivity contribution is 0.0594. The molecule has 0 radical (unpaired) electrons. The summed E-state index contributed by atoms with van der Waals surface area (Å²) in [7, 11) is -1.92. The van der Waals surface area contributed by atoms with Crippen molar-refractivity contribution in [3.8, 4) is 0 Å². The van der Waals surface area contributed by atoms with E-state index in [0.717, 1.165) is 12.8 Å². The van der Waals surface area contributed by atoms with Crippen molar-refractivity contribution in [2.75, 3.05) is 13.7 Å². The van der Waals surface area contributed by atoms with E-state index in [0.29, 0.717) is 6.54 Å². The fourth-order valence-corrected chi connectivity index (χ4v) is 2.77. The molecule has 1 aliphatic rings. The smallest absolute Gasteiger partial charge is 0.360 e. The Balaban J connectivity index is 1.83. The van der Waals surface area contributed by atoms with E-state index in [4.69, 9.17) is 0 Å². The molecule has 1 fully saturated rings. The second-order valence-corrected chi connectivity index (χ2v) is 6.04. The van der Waals surface area contributed by atoms with E-state index in [9.17, 15) is 13.2 Å². The van der Waals surface area contributed by atoms with E-state index in [2.05, 4.69) is 19.8 Å². The van der Waals surface area contributed by atoms with Crippen LogP contribution in [0.15, 0.2) is 6.20 Å². The molecule has 0 bridgehead atoms. The molecule has 0 aromatic carbocycles. The Morgan fingerprint density at radius 2 is 2.33 bits per heavy atom. The molecule has 100 valence electrons. The van der Waals surface area contributed by atoms with Crippen LogP contribution in [0.1, 0.15) is 23.3 Å². The van der Waals surface area contributed by atoms with E-state index in [1.54, 1.807) is 0 Å². The van der Waals surface area contributed by atoms with Gasteiger partial charge >= 0.3 is 5.97 Å². The van der Waals surface area contributed by atoms with Crippen LogP contribution in [-0.4, -0.2) is 48.3 Å². The number of nitrogens with zero attached hydrogens (tertiary/aromatic N) is 3. The van der Waals surface area contributed by atoms with E-state index >= 15 is 0 Å². The molecule has 1 heterocycles. The van der Waals surface area contributed by atoms with Gasteiger partial charge in [-0.15, -0.1) is 5.10 Å². The minimum Gasteiger partial charge on any atom is -0.464 e. The van der Waals surface area contributed by atoms with Gasteiger partial charge in [-0.3, -0.25) is 4.68 Å². The first-order valence-electron chi connectivity index (χ1n) is 5.50. The summed E-state index contributed by atoms with van der Waals surface area (Å²) in [4.78, 5) is 11.1. The monoisotopic (exact) mass is 274 g/mol. The standard InChI is InChI=1S/C9H14N4O4S/c1-17-9(14)8-6-13(12-11-8)5-4-10-18(15,16)7-2-3-7/h6-7,10H,2-5H2,1H3. The first-order valence-corrected chi connectivity index (χ1v) is 7.04. The molecule has 0 amide bonds. The number of rotatable bonds is 6. The number of methoxy groups -OCH3 is 1. The van der Waals surface area contributed by atoms with Crippen molar-refractivity contribution >= 4 is 16.0 Å². The summed E-state index contributed by atoms with van der Waals surface area (Å²) in [5.41, 5.74) is 0.0996. The topological polar surface area (TPSA) is 103 Å². The number of carbonyl (C=O) groups is 1. The molecule has 0 saturated heterocycles. The van der Waals surface area contributed by atoms with E-state index in [1.807, 2.05) is 0 Å². The molecule has 8 nitrogen and oxygen atoms in total.